The number of pyridine rings is 1. The average molecular weight is 497 g/mol. The van der Waals surface area contributed by atoms with Crippen LogP contribution in [0.1, 0.15) is 22.9 Å². The van der Waals surface area contributed by atoms with E-state index in [1.54, 1.807) is 18.2 Å². The van der Waals surface area contributed by atoms with Crippen LogP contribution in [-0.4, -0.2) is 42.1 Å². The first-order valence-electron chi connectivity index (χ1n) is 9.65. The van der Waals surface area contributed by atoms with Gasteiger partial charge in [0.05, 0.1) is 24.3 Å². The van der Waals surface area contributed by atoms with Crippen molar-refractivity contribution in [2.45, 2.75) is 18.6 Å². The number of rotatable bonds is 7. The second-order valence-electron chi connectivity index (χ2n) is 7.37. The predicted octanol–water partition coefficient (Wildman–Crippen LogP) is 5.45. The number of likely N-dealkylation sites (tertiary alicyclic amines) is 1. The van der Waals surface area contributed by atoms with Crippen molar-refractivity contribution in [2.75, 3.05) is 13.1 Å². The smallest absolute Gasteiger partial charge is 0.235 e. The Kier molecular flexibility index (Phi) is 7.29. The molecule has 1 N–H and O–H groups in total. The molecule has 0 bridgehead atoms. The van der Waals surface area contributed by atoms with E-state index < -0.39 is 11.3 Å². The molecule has 0 amide bonds. The van der Waals surface area contributed by atoms with Gasteiger partial charge in [0.1, 0.15) is 5.15 Å². The molecule has 3 aromatic rings. The van der Waals surface area contributed by atoms with E-state index in [2.05, 4.69) is 9.88 Å². The van der Waals surface area contributed by atoms with E-state index >= 15 is 0 Å². The van der Waals surface area contributed by atoms with E-state index in [9.17, 15) is 8.76 Å². The van der Waals surface area contributed by atoms with Crippen molar-refractivity contribution in [2.24, 2.45) is 0 Å². The first kappa shape index (κ1) is 22.7. The second kappa shape index (κ2) is 9.96. The molecular weight excluding hydrogens is 477 g/mol. The fourth-order valence-corrected chi connectivity index (χ4v) is 4.86. The molecule has 9 heteroatoms. The van der Waals surface area contributed by atoms with Gasteiger partial charge in [-0.05, 0) is 47.5 Å². The Balaban J connectivity index is 1.54. The predicted molar refractivity (Wildman–Crippen MR) is 126 cm³/mol. The minimum absolute atomic E-state index is 0.0101. The largest absolute Gasteiger partial charge is 0.294 e. The second-order valence-corrected chi connectivity index (χ2v) is 9.56. The minimum Gasteiger partial charge on any atom is -0.294 e. The van der Waals surface area contributed by atoms with E-state index in [-0.39, 0.29) is 18.6 Å². The van der Waals surface area contributed by atoms with Crippen LogP contribution in [0.5, 0.6) is 0 Å². The molecule has 2 aromatic carbocycles. The Labute approximate surface area is 199 Å². The Hall–Kier alpha value is -1.51. The van der Waals surface area contributed by atoms with Crippen molar-refractivity contribution in [1.29, 1.82) is 0 Å². The topological polar surface area (TPSA) is 56.7 Å². The zero-order chi connectivity index (χ0) is 22.0. The number of nitrogens with zero attached hydrogens (tertiary/aromatic N) is 3. The summed E-state index contributed by atoms with van der Waals surface area (Å²) in [6.45, 7) is 1.50. The normalized spacial score (nSPS) is 15.9. The van der Waals surface area contributed by atoms with Gasteiger partial charge in [0.25, 0.3) is 0 Å². The van der Waals surface area contributed by atoms with E-state index in [1.165, 1.54) is 4.31 Å². The SMILES string of the molecule is O=S(O)N(Cc1cccc(Cl)n1)C1CN(C(c2ccc(Cl)cc2)c2ccc(Cl)cc2)C1. The Morgan fingerprint density at radius 1 is 0.968 bits per heavy atom. The van der Waals surface area contributed by atoms with Crippen molar-refractivity contribution >= 4 is 46.1 Å². The van der Waals surface area contributed by atoms with Gasteiger partial charge in [-0.25, -0.2) is 9.19 Å². The van der Waals surface area contributed by atoms with Gasteiger partial charge in [-0.2, -0.15) is 4.31 Å². The van der Waals surface area contributed by atoms with Gasteiger partial charge >= 0.3 is 0 Å². The Morgan fingerprint density at radius 2 is 1.52 bits per heavy atom. The maximum Gasteiger partial charge on any atom is 0.235 e. The maximum absolute atomic E-state index is 12.0. The molecule has 5 nitrogen and oxygen atoms in total. The summed E-state index contributed by atoms with van der Waals surface area (Å²) in [5.74, 6) is 0. The standard InChI is InChI=1S/C22H20Cl3N3O2S/c23-17-8-4-15(5-9-17)22(16-6-10-18(24)11-7-16)27-13-20(14-27)28(31(29)30)12-19-2-1-3-21(25)26-19/h1-11,20,22H,12-14H2,(H,29,30). The van der Waals surface area contributed by atoms with Gasteiger partial charge in [-0.3, -0.25) is 9.45 Å². The third-order valence-electron chi connectivity index (χ3n) is 5.33. The van der Waals surface area contributed by atoms with Crippen molar-refractivity contribution in [3.63, 3.8) is 0 Å². The van der Waals surface area contributed by atoms with Crippen LogP contribution in [0.3, 0.4) is 0 Å². The van der Waals surface area contributed by atoms with Crippen LogP contribution in [0, 0.1) is 0 Å². The molecular formula is C22H20Cl3N3O2S. The number of halogens is 3. The van der Waals surface area contributed by atoms with E-state index in [0.717, 1.165) is 11.1 Å². The molecule has 162 valence electrons. The maximum atomic E-state index is 12.0. The first-order valence-corrected chi connectivity index (χ1v) is 11.8. The van der Waals surface area contributed by atoms with E-state index in [4.69, 9.17) is 34.8 Å². The van der Waals surface area contributed by atoms with Crippen LogP contribution >= 0.6 is 34.8 Å². The Bertz CT molecular complexity index is 1010. The lowest BCUT2D eigenvalue weighted by Crippen LogP contribution is -2.60. The van der Waals surface area contributed by atoms with Gasteiger partial charge in [-0.15, -0.1) is 0 Å². The average Bonchev–Trinajstić information content (AvgIpc) is 2.71. The molecule has 1 saturated heterocycles. The lowest BCUT2D eigenvalue weighted by atomic mass is 9.93. The van der Waals surface area contributed by atoms with Crippen LogP contribution < -0.4 is 0 Å². The molecule has 1 aliphatic rings. The fraction of sp³-hybridized carbons (Fsp3) is 0.227. The lowest BCUT2D eigenvalue weighted by Gasteiger charge is -2.47. The molecule has 0 aliphatic carbocycles. The third kappa shape index (κ3) is 5.46. The van der Waals surface area contributed by atoms with Crippen LogP contribution in [0.4, 0.5) is 0 Å². The number of hydrogen-bond donors (Lipinski definition) is 1. The van der Waals surface area contributed by atoms with Crippen LogP contribution in [0.25, 0.3) is 0 Å². The number of hydrogen-bond acceptors (Lipinski definition) is 3. The highest BCUT2D eigenvalue weighted by Crippen LogP contribution is 2.35. The van der Waals surface area contributed by atoms with Crippen molar-refractivity contribution in [3.05, 3.63) is 98.7 Å². The zero-order valence-electron chi connectivity index (χ0n) is 16.4. The molecule has 1 fully saturated rings. The summed E-state index contributed by atoms with van der Waals surface area (Å²) in [5.41, 5.74) is 2.84. The van der Waals surface area contributed by atoms with Crippen LogP contribution in [-0.2, 0) is 17.8 Å². The van der Waals surface area contributed by atoms with E-state index in [0.29, 0.717) is 34.0 Å². The summed E-state index contributed by atoms with van der Waals surface area (Å²) in [7, 11) is 0. The number of benzene rings is 2. The van der Waals surface area contributed by atoms with Crippen LogP contribution in [0.15, 0.2) is 66.7 Å². The molecule has 1 unspecified atom stereocenters. The van der Waals surface area contributed by atoms with Crippen molar-refractivity contribution in [1.82, 2.24) is 14.2 Å². The molecule has 31 heavy (non-hydrogen) atoms. The molecule has 0 saturated carbocycles. The fourth-order valence-electron chi connectivity index (χ4n) is 3.79. The summed E-state index contributed by atoms with van der Waals surface area (Å²) >= 11 is 16.0. The molecule has 1 atom stereocenters. The molecule has 1 aromatic heterocycles. The lowest BCUT2D eigenvalue weighted by molar-refractivity contribution is 0.0494. The minimum atomic E-state index is -2.12. The van der Waals surface area contributed by atoms with Gasteiger partial charge < -0.3 is 0 Å². The van der Waals surface area contributed by atoms with Crippen molar-refractivity contribution < 1.29 is 8.76 Å². The molecule has 0 radical (unpaired) electrons. The molecule has 1 aliphatic heterocycles. The monoisotopic (exact) mass is 495 g/mol. The van der Waals surface area contributed by atoms with Gasteiger partial charge in [0.15, 0.2) is 0 Å². The van der Waals surface area contributed by atoms with Crippen molar-refractivity contribution in [3.8, 4) is 0 Å². The van der Waals surface area contributed by atoms with Gasteiger partial charge in [-0.1, -0.05) is 65.1 Å². The summed E-state index contributed by atoms with van der Waals surface area (Å²) < 4.78 is 23.5. The van der Waals surface area contributed by atoms with Gasteiger partial charge in [0, 0.05) is 23.1 Å². The highest BCUT2D eigenvalue weighted by molar-refractivity contribution is 7.76. The molecule has 4 rings (SSSR count). The quantitative estimate of drug-likeness (QED) is 0.349. The molecule has 0 spiro atoms. The summed E-state index contributed by atoms with van der Waals surface area (Å²) in [6, 6.07) is 20.7. The summed E-state index contributed by atoms with van der Waals surface area (Å²) in [5, 5.41) is 1.72. The summed E-state index contributed by atoms with van der Waals surface area (Å²) in [4.78, 5) is 6.51. The highest BCUT2D eigenvalue weighted by atomic mass is 35.5. The number of aromatic nitrogens is 1. The third-order valence-corrected chi connectivity index (χ3v) is 6.87. The zero-order valence-corrected chi connectivity index (χ0v) is 19.5. The van der Waals surface area contributed by atoms with Crippen LogP contribution in [0.2, 0.25) is 15.2 Å². The highest BCUT2D eigenvalue weighted by Gasteiger charge is 2.39. The van der Waals surface area contributed by atoms with E-state index in [1.807, 2.05) is 48.5 Å². The molecule has 2 heterocycles. The van der Waals surface area contributed by atoms with Gasteiger partial charge in [0.2, 0.25) is 11.3 Å². The Morgan fingerprint density at radius 3 is 2.00 bits per heavy atom. The first-order chi connectivity index (χ1) is 14.9. The summed E-state index contributed by atoms with van der Waals surface area (Å²) in [6.07, 6.45) is 0.